The largest absolute Gasteiger partial charge is 0.340 e. The molecule has 2 fully saturated rings. The van der Waals surface area contributed by atoms with Crippen LogP contribution in [0.2, 0.25) is 0 Å². The lowest BCUT2D eigenvalue weighted by Crippen LogP contribution is -2.52. The maximum atomic E-state index is 13.3. The summed E-state index contributed by atoms with van der Waals surface area (Å²) in [5.74, 6) is -0.460. The zero-order valence-electron chi connectivity index (χ0n) is 19.1. The number of urea groups is 1. The highest BCUT2D eigenvalue weighted by molar-refractivity contribution is 6.09. The van der Waals surface area contributed by atoms with Crippen molar-refractivity contribution in [3.63, 3.8) is 0 Å². The minimum absolute atomic E-state index is 0.113. The fraction of sp³-hybridized carbons (Fsp3) is 0.440. The molecule has 1 aromatic heterocycles. The summed E-state index contributed by atoms with van der Waals surface area (Å²) < 4.78 is 0. The third kappa shape index (κ3) is 4.11. The summed E-state index contributed by atoms with van der Waals surface area (Å²) in [6, 6.07) is 13.0. The molecule has 7 nitrogen and oxygen atoms in total. The van der Waals surface area contributed by atoms with Gasteiger partial charge in [0, 0.05) is 30.4 Å². The number of aromatic nitrogens is 1. The molecule has 0 radical (unpaired) electrons. The quantitative estimate of drug-likeness (QED) is 0.747. The first-order valence-electron chi connectivity index (χ1n) is 11.2. The molecule has 2 aliphatic rings. The number of piperidine rings is 1. The first kappa shape index (κ1) is 22.0. The lowest BCUT2D eigenvalue weighted by atomic mass is 9.92. The van der Waals surface area contributed by atoms with E-state index in [9.17, 15) is 14.4 Å². The van der Waals surface area contributed by atoms with E-state index >= 15 is 0 Å². The Balaban J connectivity index is 1.53. The van der Waals surface area contributed by atoms with Gasteiger partial charge in [0.1, 0.15) is 11.6 Å². The summed E-state index contributed by atoms with van der Waals surface area (Å²) in [4.78, 5) is 45.8. The van der Waals surface area contributed by atoms with E-state index in [4.69, 9.17) is 4.98 Å². The van der Waals surface area contributed by atoms with Crippen molar-refractivity contribution < 1.29 is 14.4 Å². The summed E-state index contributed by atoms with van der Waals surface area (Å²) in [7, 11) is 0. The highest BCUT2D eigenvalue weighted by Gasteiger charge is 2.48. The predicted octanol–water partition coefficient (Wildman–Crippen LogP) is 3.48. The molecule has 0 aliphatic carbocycles. The molecule has 2 saturated heterocycles. The van der Waals surface area contributed by atoms with Crippen molar-refractivity contribution in [1.29, 1.82) is 0 Å². The van der Waals surface area contributed by atoms with Gasteiger partial charge in [-0.3, -0.25) is 14.6 Å². The molecule has 2 atom stereocenters. The highest BCUT2D eigenvalue weighted by atomic mass is 16.2. The van der Waals surface area contributed by atoms with Crippen LogP contribution in [0.15, 0.2) is 42.5 Å². The van der Waals surface area contributed by atoms with E-state index in [1.54, 1.807) is 25.7 Å². The number of hydrogen-bond donors (Lipinski definition) is 1. The first-order chi connectivity index (χ1) is 15.2. The van der Waals surface area contributed by atoms with Crippen molar-refractivity contribution in [2.24, 2.45) is 0 Å². The van der Waals surface area contributed by atoms with E-state index in [1.807, 2.05) is 25.1 Å². The molecule has 2 aromatic rings. The number of rotatable bonds is 4. The molecule has 1 aromatic carbocycles. The third-order valence-electron chi connectivity index (χ3n) is 6.37. The Bertz CT molecular complexity index is 1050. The van der Waals surface area contributed by atoms with Gasteiger partial charge in [-0.25, -0.2) is 9.69 Å². The standard InChI is InChI=1S/C25H30N4O3/c1-16-13-20(18-9-6-5-7-10-18)14-21(26-16)19-11-8-12-28(15-19)22(30)17(2)29-23(31)25(3,4)27-24(29)32/h5-7,9-10,13-14,17,19H,8,11-12,15H2,1-4H3,(H,27,32)/t17-,19+/m0/s1. The van der Waals surface area contributed by atoms with Gasteiger partial charge in [-0.1, -0.05) is 30.3 Å². The van der Waals surface area contributed by atoms with Crippen molar-refractivity contribution in [3.8, 4) is 11.1 Å². The Labute approximate surface area is 188 Å². The number of carbonyl (C=O) groups excluding carboxylic acids is 3. The van der Waals surface area contributed by atoms with Crippen LogP contribution >= 0.6 is 0 Å². The van der Waals surface area contributed by atoms with Crippen LogP contribution in [0.5, 0.6) is 0 Å². The van der Waals surface area contributed by atoms with Crippen LogP contribution in [0.3, 0.4) is 0 Å². The number of carbonyl (C=O) groups is 3. The van der Waals surface area contributed by atoms with Crippen LogP contribution < -0.4 is 5.32 Å². The Morgan fingerprint density at radius 2 is 1.88 bits per heavy atom. The van der Waals surface area contributed by atoms with Crippen molar-refractivity contribution in [2.45, 2.75) is 58.0 Å². The fourth-order valence-corrected chi connectivity index (χ4v) is 4.62. The van der Waals surface area contributed by atoms with Gasteiger partial charge in [0.2, 0.25) is 5.91 Å². The summed E-state index contributed by atoms with van der Waals surface area (Å²) in [6.07, 6.45) is 1.80. The lowest BCUT2D eigenvalue weighted by Gasteiger charge is -2.35. The van der Waals surface area contributed by atoms with Crippen LogP contribution in [0.25, 0.3) is 11.1 Å². The summed E-state index contributed by atoms with van der Waals surface area (Å²) in [5.41, 5.74) is 3.18. The van der Waals surface area contributed by atoms with Gasteiger partial charge in [0.15, 0.2) is 0 Å². The molecular weight excluding hydrogens is 404 g/mol. The average Bonchev–Trinajstić information content (AvgIpc) is 2.99. The van der Waals surface area contributed by atoms with Crippen LogP contribution in [0, 0.1) is 6.92 Å². The van der Waals surface area contributed by atoms with Crippen LogP contribution in [-0.2, 0) is 9.59 Å². The number of nitrogens with one attached hydrogen (secondary N) is 1. The molecule has 168 valence electrons. The molecular formula is C25H30N4O3. The number of aryl methyl sites for hydroxylation is 1. The molecule has 3 heterocycles. The molecule has 1 N–H and O–H groups in total. The fourth-order valence-electron chi connectivity index (χ4n) is 4.62. The van der Waals surface area contributed by atoms with Crippen molar-refractivity contribution in [3.05, 3.63) is 53.9 Å². The van der Waals surface area contributed by atoms with E-state index in [-0.39, 0.29) is 17.7 Å². The molecule has 32 heavy (non-hydrogen) atoms. The van der Waals surface area contributed by atoms with E-state index in [1.165, 1.54) is 0 Å². The monoisotopic (exact) mass is 434 g/mol. The number of imide groups is 1. The Morgan fingerprint density at radius 1 is 1.16 bits per heavy atom. The highest BCUT2D eigenvalue weighted by Crippen LogP contribution is 2.30. The average molecular weight is 435 g/mol. The van der Waals surface area contributed by atoms with Crippen molar-refractivity contribution in [2.75, 3.05) is 13.1 Å². The molecule has 0 saturated carbocycles. The number of hydrogen-bond acceptors (Lipinski definition) is 4. The van der Waals surface area contributed by atoms with Crippen LogP contribution in [-0.4, -0.2) is 57.3 Å². The minimum atomic E-state index is -0.991. The zero-order valence-corrected chi connectivity index (χ0v) is 19.1. The molecule has 7 heteroatoms. The first-order valence-corrected chi connectivity index (χ1v) is 11.2. The number of pyridine rings is 1. The predicted molar refractivity (Wildman–Crippen MR) is 122 cm³/mol. The van der Waals surface area contributed by atoms with Gasteiger partial charge < -0.3 is 10.2 Å². The molecule has 4 rings (SSSR count). The molecule has 0 unspecified atom stereocenters. The van der Waals surface area contributed by atoms with Gasteiger partial charge in [0.05, 0.1) is 0 Å². The van der Waals surface area contributed by atoms with Crippen LogP contribution in [0.4, 0.5) is 4.79 Å². The smallest absolute Gasteiger partial charge is 0.325 e. The topological polar surface area (TPSA) is 82.6 Å². The number of benzene rings is 1. The maximum Gasteiger partial charge on any atom is 0.325 e. The Morgan fingerprint density at radius 3 is 2.53 bits per heavy atom. The third-order valence-corrected chi connectivity index (χ3v) is 6.37. The lowest BCUT2D eigenvalue weighted by molar-refractivity contribution is -0.143. The molecule has 2 aliphatic heterocycles. The number of likely N-dealkylation sites (tertiary alicyclic amines) is 1. The second kappa shape index (κ2) is 8.37. The second-order valence-corrected chi connectivity index (χ2v) is 9.32. The minimum Gasteiger partial charge on any atom is -0.340 e. The summed E-state index contributed by atoms with van der Waals surface area (Å²) >= 11 is 0. The van der Waals surface area contributed by atoms with Gasteiger partial charge in [-0.2, -0.15) is 0 Å². The van der Waals surface area contributed by atoms with E-state index in [0.29, 0.717) is 13.1 Å². The van der Waals surface area contributed by atoms with E-state index in [2.05, 4.69) is 29.6 Å². The van der Waals surface area contributed by atoms with Gasteiger partial charge in [-0.15, -0.1) is 0 Å². The van der Waals surface area contributed by atoms with Crippen molar-refractivity contribution in [1.82, 2.24) is 20.1 Å². The second-order valence-electron chi connectivity index (χ2n) is 9.32. The number of amides is 4. The summed E-state index contributed by atoms with van der Waals surface area (Å²) in [6.45, 7) is 8.06. The van der Waals surface area contributed by atoms with Gasteiger partial charge >= 0.3 is 6.03 Å². The van der Waals surface area contributed by atoms with Gasteiger partial charge in [-0.05, 0) is 63.8 Å². The maximum absolute atomic E-state index is 13.3. The Hall–Kier alpha value is -3.22. The molecule has 0 spiro atoms. The van der Waals surface area contributed by atoms with E-state index < -0.39 is 17.6 Å². The van der Waals surface area contributed by atoms with Crippen molar-refractivity contribution >= 4 is 17.8 Å². The number of nitrogens with zero attached hydrogens (tertiary/aromatic N) is 3. The SMILES string of the molecule is Cc1cc(-c2ccccc2)cc([C@@H]2CCCN(C(=O)[C@H](C)N3C(=O)NC(C)(C)C3=O)C2)n1. The normalized spacial score (nSPS) is 21.4. The van der Waals surface area contributed by atoms with E-state index in [0.717, 1.165) is 40.3 Å². The zero-order chi connectivity index (χ0) is 23.0. The summed E-state index contributed by atoms with van der Waals surface area (Å²) in [5, 5.41) is 2.65. The van der Waals surface area contributed by atoms with Gasteiger partial charge in [0.25, 0.3) is 5.91 Å². The molecule has 0 bridgehead atoms. The molecule has 4 amide bonds. The Kier molecular flexibility index (Phi) is 5.75. The van der Waals surface area contributed by atoms with Crippen LogP contribution in [0.1, 0.15) is 50.9 Å².